The predicted molar refractivity (Wildman–Crippen MR) is 97.3 cm³/mol. The molecule has 0 radical (unpaired) electrons. The topological polar surface area (TPSA) is 50.3 Å². The highest BCUT2D eigenvalue weighted by Gasteiger charge is 2.37. The minimum atomic E-state index is -3.58. The van der Waals surface area contributed by atoms with E-state index in [4.69, 9.17) is 0 Å². The molecule has 3 aromatic rings. The second kappa shape index (κ2) is 6.20. The minimum Gasteiger partial charge on any atom is -0.264 e. The predicted octanol–water partition coefficient (Wildman–Crippen LogP) is 3.67. The fourth-order valence-electron chi connectivity index (χ4n) is 3.03. The van der Waals surface area contributed by atoms with E-state index in [-0.39, 0.29) is 5.37 Å². The third kappa shape index (κ3) is 2.60. The zero-order chi connectivity index (χ0) is 16.6. The van der Waals surface area contributed by atoms with Crippen LogP contribution in [0, 0.1) is 0 Å². The number of hydrogen-bond donors (Lipinski definition) is 0. The van der Waals surface area contributed by atoms with Gasteiger partial charge in [0.2, 0.25) is 10.0 Å². The second-order valence-electron chi connectivity index (χ2n) is 5.60. The zero-order valence-corrected chi connectivity index (χ0v) is 14.5. The largest absolute Gasteiger partial charge is 0.264 e. The maximum Gasteiger partial charge on any atom is 0.245 e. The van der Waals surface area contributed by atoms with Crippen LogP contribution in [0.25, 0.3) is 10.8 Å². The second-order valence-corrected chi connectivity index (χ2v) is 8.65. The Morgan fingerprint density at radius 3 is 2.71 bits per heavy atom. The number of rotatable bonds is 3. The van der Waals surface area contributed by atoms with Gasteiger partial charge in [-0.2, -0.15) is 4.31 Å². The maximum atomic E-state index is 13.3. The van der Waals surface area contributed by atoms with E-state index in [9.17, 15) is 8.42 Å². The van der Waals surface area contributed by atoms with Gasteiger partial charge in [-0.05, 0) is 23.1 Å². The minimum absolute atomic E-state index is 0.220. The Kier molecular flexibility index (Phi) is 4.04. The number of nitrogens with zero attached hydrogens (tertiary/aromatic N) is 2. The molecule has 1 aliphatic rings. The molecule has 1 aromatic heterocycles. The summed E-state index contributed by atoms with van der Waals surface area (Å²) in [6, 6.07) is 16.8. The first kappa shape index (κ1) is 15.6. The van der Waals surface area contributed by atoms with Crippen molar-refractivity contribution in [2.45, 2.75) is 10.3 Å². The van der Waals surface area contributed by atoms with E-state index in [0.717, 1.165) is 22.1 Å². The molecule has 0 aliphatic carbocycles. The Bertz CT molecular complexity index is 969. The van der Waals surface area contributed by atoms with Crippen molar-refractivity contribution in [3.8, 4) is 0 Å². The smallest absolute Gasteiger partial charge is 0.245 e. The summed E-state index contributed by atoms with van der Waals surface area (Å²) in [4.78, 5) is 4.51. The van der Waals surface area contributed by atoms with Crippen molar-refractivity contribution in [1.82, 2.24) is 9.29 Å². The summed E-state index contributed by atoms with van der Waals surface area (Å²) in [5, 5.41) is 1.48. The molecule has 1 fully saturated rings. The molecule has 1 aliphatic heterocycles. The van der Waals surface area contributed by atoms with Crippen molar-refractivity contribution in [2.24, 2.45) is 0 Å². The van der Waals surface area contributed by atoms with E-state index >= 15 is 0 Å². The molecule has 122 valence electrons. The van der Waals surface area contributed by atoms with Crippen LogP contribution in [0.3, 0.4) is 0 Å². The number of hydrogen-bond acceptors (Lipinski definition) is 4. The van der Waals surface area contributed by atoms with Crippen molar-refractivity contribution in [1.29, 1.82) is 0 Å². The molecule has 0 amide bonds. The lowest BCUT2D eigenvalue weighted by Gasteiger charge is -2.24. The molecular formula is C18H16N2O2S2. The van der Waals surface area contributed by atoms with Crippen LogP contribution in [0.4, 0.5) is 0 Å². The molecule has 0 bridgehead atoms. The average Bonchev–Trinajstić information content (AvgIpc) is 3.12. The summed E-state index contributed by atoms with van der Waals surface area (Å²) in [6.45, 7) is 0.510. The molecular weight excluding hydrogens is 340 g/mol. The fraction of sp³-hybridized carbons (Fsp3) is 0.167. The molecule has 0 saturated carbocycles. The van der Waals surface area contributed by atoms with Gasteiger partial charge in [0.15, 0.2) is 0 Å². The third-order valence-electron chi connectivity index (χ3n) is 4.15. The van der Waals surface area contributed by atoms with Crippen LogP contribution < -0.4 is 0 Å². The number of sulfonamides is 1. The maximum absolute atomic E-state index is 13.3. The molecule has 2 aromatic carbocycles. The first-order valence-electron chi connectivity index (χ1n) is 7.69. The first-order valence-corrected chi connectivity index (χ1v) is 10.2. The molecule has 1 unspecified atom stereocenters. The van der Waals surface area contributed by atoms with Crippen LogP contribution in [0.15, 0.2) is 71.9 Å². The molecule has 0 spiro atoms. The van der Waals surface area contributed by atoms with E-state index in [0.29, 0.717) is 11.4 Å². The van der Waals surface area contributed by atoms with Gasteiger partial charge >= 0.3 is 0 Å². The van der Waals surface area contributed by atoms with Gasteiger partial charge in [0.05, 0.1) is 10.3 Å². The van der Waals surface area contributed by atoms with Crippen LogP contribution in [0.2, 0.25) is 0 Å². The lowest BCUT2D eigenvalue weighted by atomic mass is 10.1. The Morgan fingerprint density at radius 1 is 1.04 bits per heavy atom. The van der Waals surface area contributed by atoms with Crippen molar-refractivity contribution >= 4 is 32.6 Å². The normalized spacial score (nSPS) is 18.9. The van der Waals surface area contributed by atoms with E-state index in [2.05, 4.69) is 4.98 Å². The van der Waals surface area contributed by atoms with Crippen molar-refractivity contribution in [2.75, 3.05) is 12.3 Å². The Labute approximate surface area is 145 Å². The summed E-state index contributed by atoms with van der Waals surface area (Å²) >= 11 is 1.64. The first-order chi connectivity index (χ1) is 11.7. The van der Waals surface area contributed by atoms with E-state index < -0.39 is 10.0 Å². The van der Waals surface area contributed by atoms with Crippen LogP contribution in [-0.4, -0.2) is 30.0 Å². The van der Waals surface area contributed by atoms with Gasteiger partial charge < -0.3 is 0 Å². The number of fused-ring (bicyclic) bond motifs is 1. The molecule has 2 heterocycles. The number of pyridine rings is 1. The average molecular weight is 356 g/mol. The molecule has 24 heavy (non-hydrogen) atoms. The monoisotopic (exact) mass is 356 g/mol. The third-order valence-corrected chi connectivity index (χ3v) is 7.47. The van der Waals surface area contributed by atoms with Gasteiger partial charge in [-0.1, -0.05) is 42.5 Å². The molecule has 4 rings (SSSR count). The van der Waals surface area contributed by atoms with Gasteiger partial charge in [-0.15, -0.1) is 11.8 Å². The summed E-state index contributed by atoms with van der Waals surface area (Å²) in [5.74, 6) is 0.781. The highest BCUT2D eigenvalue weighted by atomic mass is 32.2. The van der Waals surface area contributed by atoms with E-state index in [1.165, 1.54) is 0 Å². The van der Waals surface area contributed by atoms with E-state index in [1.54, 1.807) is 40.6 Å². The van der Waals surface area contributed by atoms with Gasteiger partial charge in [-0.3, -0.25) is 4.98 Å². The summed E-state index contributed by atoms with van der Waals surface area (Å²) in [6.07, 6.45) is 3.45. The van der Waals surface area contributed by atoms with Crippen LogP contribution >= 0.6 is 11.8 Å². The molecule has 1 saturated heterocycles. The SMILES string of the molecule is O=S(=O)(c1cccc2ccccc12)N1CCSC1c1cccnc1. The van der Waals surface area contributed by atoms with Gasteiger partial charge in [0, 0.05) is 30.1 Å². The van der Waals surface area contributed by atoms with Gasteiger partial charge in [-0.25, -0.2) is 8.42 Å². The zero-order valence-electron chi connectivity index (χ0n) is 12.9. The summed E-state index contributed by atoms with van der Waals surface area (Å²) in [7, 11) is -3.58. The highest BCUT2D eigenvalue weighted by Crippen LogP contribution is 2.42. The molecule has 6 heteroatoms. The van der Waals surface area contributed by atoms with Crippen molar-refractivity contribution in [3.05, 3.63) is 72.6 Å². The molecule has 0 N–H and O–H groups in total. The standard InChI is InChI=1S/C18H16N2O2S2/c21-24(22,17-9-3-6-14-5-1-2-8-16(14)17)20-11-12-23-18(20)15-7-4-10-19-13-15/h1-10,13,18H,11-12H2. The summed E-state index contributed by atoms with van der Waals surface area (Å²) in [5.41, 5.74) is 0.920. The van der Waals surface area contributed by atoms with E-state index in [1.807, 2.05) is 42.5 Å². The Morgan fingerprint density at radius 2 is 1.88 bits per heavy atom. The number of aromatic nitrogens is 1. The number of thioether (sulfide) groups is 1. The molecule has 1 atom stereocenters. The number of benzene rings is 2. The lowest BCUT2D eigenvalue weighted by Crippen LogP contribution is -2.30. The highest BCUT2D eigenvalue weighted by molar-refractivity contribution is 8.01. The quantitative estimate of drug-likeness (QED) is 0.718. The Hall–Kier alpha value is -1.89. The van der Waals surface area contributed by atoms with Gasteiger partial charge in [0.25, 0.3) is 0 Å². The Balaban J connectivity index is 1.82. The fourth-order valence-corrected chi connectivity index (χ4v) is 6.47. The van der Waals surface area contributed by atoms with Crippen molar-refractivity contribution in [3.63, 3.8) is 0 Å². The van der Waals surface area contributed by atoms with Crippen LogP contribution in [0.1, 0.15) is 10.9 Å². The lowest BCUT2D eigenvalue weighted by molar-refractivity contribution is 0.434. The van der Waals surface area contributed by atoms with Crippen LogP contribution in [-0.2, 0) is 10.0 Å². The van der Waals surface area contributed by atoms with Crippen molar-refractivity contribution < 1.29 is 8.42 Å². The van der Waals surface area contributed by atoms with Gasteiger partial charge in [0.1, 0.15) is 0 Å². The summed E-state index contributed by atoms with van der Waals surface area (Å²) < 4.78 is 28.2. The molecule has 4 nitrogen and oxygen atoms in total. The van der Waals surface area contributed by atoms with Crippen LogP contribution in [0.5, 0.6) is 0 Å².